The molecule has 2 rings (SSSR count). The van der Waals surface area contributed by atoms with E-state index in [9.17, 15) is 4.79 Å². The van der Waals surface area contributed by atoms with Crippen LogP contribution in [0.1, 0.15) is 47.0 Å². The zero-order valence-corrected chi connectivity index (χ0v) is 20.2. The number of amides is 1. The number of carbonyl (C=O) groups excluding carboxylic acids is 1. The fourth-order valence-corrected chi connectivity index (χ4v) is 3.21. The Kier molecular flexibility index (Phi) is 11.2. The van der Waals surface area contributed by atoms with Gasteiger partial charge in [0.05, 0.1) is 0 Å². The molecule has 1 saturated heterocycles. The Balaban J connectivity index is 0.00000392. The lowest BCUT2D eigenvalue weighted by molar-refractivity contribution is 0.0145. The summed E-state index contributed by atoms with van der Waals surface area (Å²) >= 11 is 0. The third kappa shape index (κ3) is 9.45. The summed E-state index contributed by atoms with van der Waals surface area (Å²) in [6.07, 6.45) is 7.41. The van der Waals surface area contributed by atoms with Crippen LogP contribution in [0.2, 0.25) is 0 Å². The topological polar surface area (TPSA) is 69.2 Å². The lowest BCUT2D eigenvalue weighted by Crippen LogP contribution is -2.50. The highest BCUT2D eigenvalue weighted by atomic mass is 127. The number of ether oxygens (including phenoxy) is 1. The molecular formula is C20H38IN5O2. The van der Waals surface area contributed by atoms with Crippen molar-refractivity contribution in [3.63, 3.8) is 0 Å². The molecule has 162 valence electrons. The van der Waals surface area contributed by atoms with Crippen LogP contribution in [0.25, 0.3) is 0 Å². The molecular weight excluding hydrogens is 469 g/mol. The Bertz CT molecular complexity index is 517. The van der Waals surface area contributed by atoms with Crippen LogP contribution in [0, 0.1) is 0 Å². The smallest absolute Gasteiger partial charge is 0.410 e. The van der Waals surface area contributed by atoms with Gasteiger partial charge in [-0.25, -0.2) is 4.79 Å². The Hall–Kier alpha value is -1.03. The van der Waals surface area contributed by atoms with Gasteiger partial charge in [-0.1, -0.05) is 12.2 Å². The van der Waals surface area contributed by atoms with Crippen molar-refractivity contribution >= 4 is 36.0 Å². The van der Waals surface area contributed by atoms with E-state index in [1.54, 1.807) is 0 Å². The average molecular weight is 507 g/mol. The fourth-order valence-electron chi connectivity index (χ4n) is 3.21. The highest BCUT2D eigenvalue weighted by Gasteiger charge is 2.25. The molecule has 0 spiro atoms. The Morgan fingerprint density at radius 2 is 1.82 bits per heavy atom. The van der Waals surface area contributed by atoms with E-state index in [1.165, 1.54) is 0 Å². The van der Waals surface area contributed by atoms with Gasteiger partial charge < -0.3 is 20.3 Å². The first-order chi connectivity index (χ1) is 12.9. The molecule has 1 aliphatic heterocycles. The van der Waals surface area contributed by atoms with E-state index < -0.39 is 5.60 Å². The van der Waals surface area contributed by atoms with Crippen LogP contribution in [0.5, 0.6) is 0 Å². The van der Waals surface area contributed by atoms with Gasteiger partial charge in [-0.05, 0) is 47.0 Å². The number of hydrogen-bond acceptors (Lipinski definition) is 4. The largest absolute Gasteiger partial charge is 0.444 e. The number of rotatable bonds is 6. The van der Waals surface area contributed by atoms with Crippen molar-refractivity contribution in [2.45, 2.75) is 58.6 Å². The number of halogens is 1. The second-order valence-electron chi connectivity index (χ2n) is 8.21. The number of nitrogens with one attached hydrogen (secondary N) is 2. The monoisotopic (exact) mass is 507 g/mol. The van der Waals surface area contributed by atoms with Crippen molar-refractivity contribution in [2.75, 3.05) is 45.8 Å². The highest BCUT2D eigenvalue weighted by Crippen LogP contribution is 2.12. The number of guanidine groups is 1. The molecule has 0 unspecified atom stereocenters. The number of aliphatic imine (C=N–C) groups is 1. The number of piperazine rings is 1. The van der Waals surface area contributed by atoms with Gasteiger partial charge in [0.1, 0.15) is 5.60 Å². The summed E-state index contributed by atoms with van der Waals surface area (Å²) in [4.78, 5) is 21.0. The summed E-state index contributed by atoms with van der Waals surface area (Å²) in [6, 6.07) is 0.476. The van der Waals surface area contributed by atoms with E-state index in [-0.39, 0.29) is 30.1 Å². The van der Waals surface area contributed by atoms with Gasteiger partial charge in [0.2, 0.25) is 0 Å². The normalized spacial score (nSPS) is 18.7. The van der Waals surface area contributed by atoms with Gasteiger partial charge in [0, 0.05) is 51.9 Å². The average Bonchev–Trinajstić information content (AvgIpc) is 3.11. The molecule has 2 N–H and O–H groups in total. The third-order valence-corrected chi connectivity index (χ3v) is 4.62. The predicted octanol–water partition coefficient (Wildman–Crippen LogP) is 2.82. The van der Waals surface area contributed by atoms with Crippen LogP contribution in [0.3, 0.4) is 0 Å². The molecule has 7 nitrogen and oxygen atoms in total. The predicted molar refractivity (Wildman–Crippen MR) is 126 cm³/mol. The maximum atomic E-state index is 12.1. The maximum absolute atomic E-state index is 12.1. The molecule has 1 aliphatic carbocycles. The van der Waals surface area contributed by atoms with Crippen LogP contribution >= 0.6 is 24.0 Å². The van der Waals surface area contributed by atoms with Crippen molar-refractivity contribution in [2.24, 2.45) is 4.99 Å². The summed E-state index contributed by atoms with van der Waals surface area (Å²) in [5.41, 5.74) is -0.431. The standard InChI is InChI=1S/C20H37N5O2.HI/c1-5-21-18(23-17-9-6-7-10-17)22-11-8-12-24-13-15-25(16-14-24)19(26)27-20(2,3)4;/h6-7,17H,5,8-16H2,1-4H3,(H2,21,22,23);1H. The zero-order valence-electron chi connectivity index (χ0n) is 17.9. The second-order valence-corrected chi connectivity index (χ2v) is 8.21. The number of carbonyl (C=O) groups is 1. The molecule has 0 bridgehead atoms. The van der Waals surface area contributed by atoms with Crippen LogP contribution in [0.4, 0.5) is 4.79 Å². The first-order valence-electron chi connectivity index (χ1n) is 10.3. The van der Waals surface area contributed by atoms with Crippen molar-refractivity contribution in [1.82, 2.24) is 20.4 Å². The minimum absolute atomic E-state index is 0. The summed E-state index contributed by atoms with van der Waals surface area (Å²) < 4.78 is 5.45. The molecule has 0 aromatic rings. The summed E-state index contributed by atoms with van der Waals surface area (Å²) in [5.74, 6) is 0.918. The molecule has 0 aromatic carbocycles. The van der Waals surface area contributed by atoms with Crippen molar-refractivity contribution in [3.8, 4) is 0 Å². The molecule has 0 aromatic heterocycles. The van der Waals surface area contributed by atoms with E-state index in [1.807, 2.05) is 25.7 Å². The van der Waals surface area contributed by atoms with Gasteiger partial charge in [-0.2, -0.15) is 0 Å². The molecule has 1 heterocycles. The van der Waals surface area contributed by atoms with Gasteiger partial charge in [0.25, 0.3) is 0 Å². The Morgan fingerprint density at radius 1 is 1.18 bits per heavy atom. The van der Waals surface area contributed by atoms with Crippen molar-refractivity contribution < 1.29 is 9.53 Å². The minimum atomic E-state index is -0.431. The summed E-state index contributed by atoms with van der Waals surface area (Å²) in [6.45, 7) is 13.8. The van der Waals surface area contributed by atoms with Crippen LogP contribution in [-0.4, -0.2) is 79.3 Å². The molecule has 1 amide bonds. The molecule has 0 radical (unpaired) electrons. The van der Waals surface area contributed by atoms with Crippen LogP contribution < -0.4 is 10.6 Å². The zero-order chi connectivity index (χ0) is 19.7. The van der Waals surface area contributed by atoms with Gasteiger partial charge in [-0.3, -0.25) is 9.89 Å². The van der Waals surface area contributed by atoms with Crippen LogP contribution in [-0.2, 0) is 4.74 Å². The third-order valence-electron chi connectivity index (χ3n) is 4.62. The lowest BCUT2D eigenvalue weighted by atomic mass is 10.2. The first-order valence-corrected chi connectivity index (χ1v) is 10.3. The fraction of sp³-hybridized carbons (Fsp3) is 0.800. The molecule has 2 aliphatic rings. The van der Waals surface area contributed by atoms with Gasteiger partial charge >= 0.3 is 6.09 Å². The minimum Gasteiger partial charge on any atom is -0.444 e. The quantitative estimate of drug-likeness (QED) is 0.190. The maximum Gasteiger partial charge on any atom is 0.410 e. The van der Waals surface area contributed by atoms with Crippen LogP contribution in [0.15, 0.2) is 17.1 Å². The highest BCUT2D eigenvalue weighted by molar-refractivity contribution is 14.0. The molecule has 0 saturated carbocycles. The van der Waals surface area contributed by atoms with Crippen molar-refractivity contribution in [1.29, 1.82) is 0 Å². The molecule has 1 fully saturated rings. The Labute approximate surface area is 187 Å². The lowest BCUT2D eigenvalue weighted by Gasteiger charge is -2.35. The molecule has 8 heteroatoms. The van der Waals surface area contributed by atoms with Gasteiger partial charge in [-0.15, -0.1) is 24.0 Å². The van der Waals surface area contributed by atoms with E-state index in [0.29, 0.717) is 6.04 Å². The molecule has 28 heavy (non-hydrogen) atoms. The Morgan fingerprint density at radius 3 is 2.39 bits per heavy atom. The number of hydrogen-bond donors (Lipinski definition) is 2. The number of nitrogens with zero attached hydrogens (tertiary/aromatic N) is 3. The van der Waals surface area contributed by atoms with E-state index >= 15 is 0 Å². The van der Waals surface area contributed by atoms with E-state index in [4.69, 9.17) is 9.73 Å². The SMILES string of the molecule is CCNC(=NCCCN1CCN(C(=O)OC(C)(C)C)CC1)NC1CC=CC1.I. The second kappa shape index (κ2) is 12.5. The van der Waals surface area contributed by atoms with E-state index in [2.05, 4.69) is 34.6 Å². The summed E-state index contributed by atoms with van der Waals surface area (Å²) in [5, 5.41) is 6.82. The van der Waals surface area contributed by atoms with Gasteiger partial charge in [0.15, 0.2) is 5.96 Å². The summed E-state index contributed by atoms with van der Waals surface area (Å²) in [7, 11) is 0. The first kappa shape index (κ1) is 25.0. The van der Waals surface area contributed by atoms with E-state index in [0.717, 1.165) is 71.0 Å². The van der Waals surface area contributed by atoms with Crippen molar-refractivity contribution in [3.05, 3.63) is 12.2 Å². The molecule has 0 atom stereocenters.